The minimum absolute atomic E-state index is 0.0478. The highest BCUT2D eigenvalue weighted by Gasteiger charge is 2.27. The monoisotopic (exact) mass is 348 g/mol. The van der Waals surface area contributed by atoms with Gasteiger partial charge in [-0.3, -0.25) is 9.78 Å². The first-order valence-corrected chi connectivity index (χ1v) is 8.79. The molecule has 0 radical (unpaired) electrons. The summed E-state index contributed by atoms with van der Waals surface area (Å²) in [5, 5.41) is 7.71. The zero-order chi connectivity index (χ0) is 17.8. The summed E-state index contributed by atoms with van der Waals surface area (Å²) in [6.07, 6.45) is 9.01. The maximum absolute atomic E-state index is 12.5. The zero-order valence-electron chi connectivity index (χ0n) is 14.4. The molecule has 0 spiro atoms. The van der Waals surface area contributed by atoms with Crippen molar-refractivity contribution in [2.45, 2.75) is 25.3 Å². The summed E-state index contributed by atoms with van der Waals surface area (Å²) in [6, 6.07) is 9.38. The molecule has 132 valence electrons. The molecule has 3 aromatic rings. The van der Waals surface area contributed by atoms with Gasteiger partial charge in [0.05, 0.1) is 12.2 Å². The molecule has 7 heteroatoms. The van der Waals surface area contributed by atoms with E-state index >= 15 is 0 Å². The SMILES string of the molecule is O=C(c1cccnn1)N1CCC(c2nccn2Cc2ccccn2)CC1. The molecule has 0 aliphatic carbocycles. The van der Waals surface area contributed by atoms with Crippen molar-refractivity contribution >= 4 is 5.91 Å². The van der Waals surface area contributed by atoms with Crippen LogP contribution in [0.5, 0.6) is 0 Å². The van der Waals surface area contributed by atoms with Crippen molar-refractivity contribution < 1.29 is 4.79 Å². The lowest BCUT2D eigenvalue weighted by atomic mass is 9.95. The van der Waals surface area contributed by atoms with Crippen LogP contribution in [-0.4, -0.2) is 48.6 Å². The molecule has 7 nitrogen and oxygen atoms in total. The maximum Gasteiger partial charge on any atom is 0.274 e. The van der Waals surface area contributed by atoms with E-state index in [4.69, 9.17) is 0 Å². The average molecular weight is 348 g/mol. The molecule has 1 fully saturated rings. The minimum Gasteiger partial charge on any atom is -0.337 e. The van der Waals surface area contributed by atoms with Crippen LogP contribution in [0.1, 0.15) is 40.8 Å². The normalized spacial score (nSPS) is 15.2. The van der Waals surface area contributed by atoms with Crippen LogP contribution in [0.3, 0.4) is 0 Å². The Morgan fingerprint density at radius 2 is 1.92 bits per heavy atom. The van der Waals surface area contributed by atoms with Gasteiger partial charge in [0.2, 0.25) is 0 Å². The molecule has 26 heavy (non-hydrogen) atoms. The lowest BCUT2D eigenvalue weighted by Crippen LogP contribution is -2.38. The highest BCUT2D eigenvalue weighted by atomic mass is 16.2. The molecule has 1 amide bonds. The molecule has 3 aromatic heterocycles. The quantitative estimate of drug-likeness (QED) is 0.722. The van der Waals surface area contributed by atoms with Gasteiger partial charge in [0.1, 0.15) is 5.82 Å². The van der Waals surface area contributed by atoms with E-state index in [1.165, 1.54) is 0 Å². The molecule has 1 aliphatic rings. The molecule has 0 saturated carbocycles. The van der Waals surface area contributed by atoms with Gasteiger partial charge in [-0.25, -0.2) is 4.98 Å². The standard InChI is InChI=1S/C19H20N6O/c26-19(17-5-3-9-22-23-17)24-11-6-15(7-12-24)18-21-10-13-25(18)14-16-4-1-2-8-20-16/h1-5,8-10,13,15H,6-7,11-12,14H2. The number of hydrogen-bond donors (Lipinski definition) is 0. The van der Waals surface area contributed by atoms with Crippen LogP contribution in [0.4, 0.5) is 0 Å². The second-order valence-electron chi connectivity index (χ2n) is 6.41. The number of nitrogens with zero attached hydrogens (tertiary/aromatic N) is 6. The number of rotatable bonds is 4. The fourth-order valence-electron chi connectivity index (χ4n) is 3.40. The van der Waals surface area contributed by atoms with E-state index in [1.807, 2.05) is 41.7 Å². The van der Waals surface area contributed by atoms with Gasteiger partial charge in [-0.1, -0.05) is 6.07 Å². The van der Waals surface area contributed by atoms with Gasteiger partial charge in [0, 0.05) is 43.8 Å². The van der Waals surface area contributed by atoms with E-state index in [0.29, 0.717) is 24.7 Å². The van der Waals surface area contributed by atoms with Crippen molar-refractivity contribution in [3.8, 4) is 0 Å². The Hall–Kier alpha value is -3.09. The molecular formula is C19H20N6O. The fourth-order valence-corrected chi connectivity index (χ4v) is 3.40. The average Bonchev–Trinajstić information content (AvgIpc) is 3.17. The molecule has 4 rings (SSSR count). The molecule has 0 atom stereocenters. The summed E-state index contributed by atoms with van der Waals surface area (Å²) >= 11 is 0. The number of carbonyl (C=O) groups is 1. The lowest BCUT2D eigenvalue weighted by molar-refractivity contribution is 0.0703. The highest BCUT2D eigenvalue weighted by molar-refractivity contribution is 5.92. The summed E-state index contributed by atoms with van der Waals surface area (Å²) in [6.45, 7) is 2.13. The van der Waals surface area contributed by atoms with Gasteiger partial charge >= 0.3 is 0 Å². The van der Waals surface area contributed by atoms with Crippen LogP contribution in [0.2, 0.25) is 0 Å². The number of aromatic nitrogens is 5. The van der Waals surface area contributed by atoms with Gasteiger partial charge in [-0.05, 0) is 37.1 Å². The maximum atomic E-state index is 12.5. The van der Waals surface area contributed by atoms with Crippen LogP contribution in [0, 0.1) is 0 Å². The molecule has 0 unspecified atom stereocenters. The van der Waals surface area contributed by atoms with E-state index in [-0.39, 0.29) is 5.91 Å². The van der Waals surface area contributed by atoms with Gasteiger partial charge in [-0.15, -0.1) is 5.10 Å². The summed E-state index contributed by atoms with van der Waals surface area (Å²) < 4.78 is 2.16. The second kappa shape index (κ2) is 7.43. The molecule has 0 bridgehead atoms. The first kappa shape index (κ1) is 16.4. The number of likely N-dealkylation sites (tertiary alicyclic amines) is 1. The van der Waals surface area contributed by atoms with Gasteiger partial charge in [0.25, 0.3) is 5.91 Å². The molecule has 1 aliphatic heterocycles. The van der Waals surface area contributed by atoms with Crippen LogP contribution >= 0.6 is 0 Å². The first-order chi connectivity index (χ1) is 12.8. The third-order valence-electron chi connectivity index (χ3n) is 4.74. The van der Waals surface area contributed by atoms with Crippen LogP contribution < -0.4 is 0 Å². The lowest BCUT2D eigenvalue weighted by Gasteiger charge is -2.31. The van der Waals surface area contributed by atoms with Crippen molar-refractivity contribution in [1.29, 1.82) is 0 Å². The van der Waals surface area contributed by atoms with Crippen molar-refractivity contribution in [2.75, 3.05) is 13.1 Å². The summed E-state index contributed by atoms with van der Waals surface area (Å²) in [4.78, 5) is 23.3. The number of piperidine rings is 1. The number of carbonyl (C=O) groups excluding carboxylic acids is 1. The molecule has 0 aromatic carbocycles. The number of amides is 1. The minimum atomic E-state index is -0.0478. The van der Waals surface area contributed by atoms with Gasteiger partial charge < -0.3 is 9.47 Å². The highest BCUT2D eigenvalue weighted by Crippen LogP contribution is 2.27. The summed E-state index contributed by atoms with van der Waals surface area (Å²) in [5.74, 6) is 1.37. The Balaban J connectivity index is 1.41. The molecular weight excluding hydrogens is 328 g/mol. The Bertz CT molecular complexity index is 856. The number of imidazole rings is 1. The van der Waals surface area contributed by atoms with Gasteiger partial charge in [0.15, 0.2) is 5.69 Å². The third-order valence-corrected chi connectivity index (χ3v) is 4.74. The third kappa shape index (κ3) is 3.46. The summed E-state index contributed by atoms with van der Waals surface area (Å²) in [5.41, 5.74) is 1.42. The molecule has 4 heterocycles. The van der Waals surface area contributed by atoms with Crippen LogP contribution in [0.15, 0.2) is 55.1 Å². The Morgan fingerprint density at radius 1 is 1.04 bits per heavy atom. The van der Waals surface area contributed by atoms with Crippen LogP contribution in [0.25, 0.3) is 0 Å². The number of hydrogen-bond acceptors (Lipinski definition) is 5. The van der Waals surface area contributed by atoms with Crippen molar-refractivity contribution in [2.24, 2.45) is 0 Å². The Labute approximate surface area is 151 Å². The zero-order valence-corrected chi connectivity index (χ0v) is 14.4. The molecule has 1 saturated heterocycles. The van der Waals surface area contributed by atoms with Crippen LogP contribution in [-0.2, 0) is 6.54 Å². The van der Waals surface area contributed by atoms with Crippen molar-refractivity contribution in [1.82, 2.24) is 29.6 Å². The predicted octanol–water partition coefficient (Wildman–Crippen LogP) is 2.14. The fraction of sp³-hybridized carbons (Fsp3) is 0.316. The smallest absolute Gasteiger partial charge is 0.274 e. The second-order valence-corrected chi connectivity index (χ2v) is 6.41. The summed E-state index contributed by atoms with van der Waals surface area (Å²) in [7, 11) is 0. The largest absolute Gasteiger partial charge is 0.337 e. The topological polar surface area (TPSA) is 76.8 Å². The van der Waals surface area contributed by atoms with E-state index in [1.54, 1.807) is 18.3 Å². The van der Waals surface area contributed by atoms with Gasteiger partial charge in [-0.2, -0.15) is 5.10 Å². The Morgan fingerprint density at radius 3 is 2.65 bits per heavy atom. The van der Waals surface area contributed by atoms with E-state index in [2.05, 4.69) is 24.7 Å². The van der Waals surface area contributed by atoms with E-state index in [9.17, 15) is 4.79 Å². The Kier molecular flexibility index (Phi) is 4.68. The molecule has 0 N–H and O–H groups in total. The van der Waals surface area contributed by atoms with E-state index in [0.717, 1.165) is 30.9 Å². The number of pyridine rings is 1. The van der Waals surface area contributed by atoms with E-state index < -0.39 is 0 Å². The van der Waals surface area contributed by atoms with Crippen molar-refractivity contribution in [3.05, 3.63) is 72.3 Å². The predicted molar refractivity (Wildman–Crippen MR) is 95.5 cm³/mol. The van der Waals surface area contributed by atoms with Crippen molar-refractivity contribution in [3.63, 3.8) is 0 Å². The first-order valence-electron chi connectivity index (χ1n) is 8.79.